The first-order chi connectivity index (χ1) is 21.3. The molecule has 0 aliphatic heterocycles. The van der Waals surface area contributed by atoms with Gasteiger partial charge in [-0.3, -0.25) is 6.79 Å². The van der Waals surface area contributed by atoms with Crippen molar-refractivity contribution in [3.8, 4) is 0 Å². The second-order valence-corrected chi connectivity index (χ2v) is 35.5. The molecule has 0 spiro atoms. The molecule has 3 nitrogen and oxygen atoms in total. The van der Waals surface area contributed by atoms with Crippen LogP contribution in [0.25, 0.3) is 0 Å². The first-order valence-electron chi connectivity index (χ1n) is 16.7. The molecule has 13 heteroatoms. The third kappa shape index (κ3) is 50.4. The van der Waals surface area contributed by atoms with Crippen LogP contribution >= 0.6 is 89.4 Å². The van der Waals surface area contributed by atoms with Gasteiger partial charge in [-0.05, 0) is 96.6 Å². The fraction of sp³-hybridized carbons (Fsp3) is 0.970. The number of hydrogen-bond acceptors (Lipinski definition) is 3. The molecule has 0 aromatic carbocycles. The quantitative estimate of drug-likeness (QED) is 0.0473. The standard InChI is InChI=1S/C16H37NP2.C10H25NP2.C6H14.CHO.4BrH.2Fe/c1-13(2)18(14(3)4)11-9-17-10-12-19(15(5)6)16(7)8;1-9(2)13(10(3)4)8-6-11-5-7-12;1-5(2)6(3)4;1-2;;;;;;/h13-17H,9-12H2,1-8H3;9-11H,5-8,12H2,1-4H3;5-6H,1-4H3;1H;4*1H;;/q;;;-1;;;;;2*+2/p-4. The Kier molecular flexibility index (Phi) is 64.0. The van der Waals surface area contributed by atoms with Crippen molar-refractivity contribution in [3.05, 3.63) is 0 Å². The predicted octanol–water partition coefficient (Wildman–Crippen LogP) is 13.3. The molecule has 0 aromatic rings. The second kappa shape index (κ2) is 47.3. The molecular formula is C33H77Br4Fe2N2OP4-. The zero-order valence-electron chi connectivity index (χ0n) is 32.4. The largest absolute Gasteiger partial charge is 0.545 e. The number of halogens is 4. The number of hydrogen-bond donors (Lipinski definition) is 2. The van der Waals surface area contributed by atoms with Crippen molar-refractivity contribution in [2.45, 2.75) is 145 Å². The summed E-state index contributed by atoms with van der Waals surface area (Å²) in [4.78, 5) is 7.75. The number of rotatable bonds is 18. The summed E-state index contributed by atoms with van der Waals surface area (Å²) in [5.74, 6) is 1.70. The summed E-state index contributed by atoms with van der Waals surface area (Å²) in [6, 6.07) is 0. The second-order valence-electron chi connectivity index (χ2n) is 13.2. The first-order valence-corrected chi connectivity index (χ1v) is 33.4. The van der Waals surface area contributed by atoms with Crippen LogP contribution in [0.5, 0.6) is 0 Å². The van der Waals surface area contributed by atoms with Gasteiger partial charge in [0.2, 0.25) is 0 Å². The van der Waals surface area contributed by atoms with Crippen LogP contribution in [0.15, 0.2) is 0 Å². The normalized spacial score (nSPS) is 11.2. The van der Waals surface area contributed by atoms with Gasteiger partial charge in [0.05, 0.1) is 0 Å². The van der Waals surface area contributed by atoms with Crippen molar-refractivity contribution < 1.29 is 27.5 Å². The molecule has 0 aliphatic rings. The molecule has 0 heterocycles. The Bertz CT molecular complexity index is 506. The van der Waals surface area contributed by atoms with Gasteiger partial charge in [-0.1, -0.05) is 111 Å². The van der Waals surface area contributed by atoms with Gasteiger partial charge in [-0.25, -0.2) is 0 Å². The number of carbonyl (C=O) groups excluding carboxylic acids is 1. The van der Waals surface area contributed by atoms with Crippen LogP contribution in [0.3, 0.4) is 0 Å². The Balaban J connectivity index is -0.000000127. The summed E-state index contributed by atoms with van der Waals surface area (Å²) in [7, 11) is 3.40. The van der Waals surface area contributed by atoms with E-state index in [-0.39, 0.29) is 23.8 Å². The Morgan fingerprint density at radius 3 is 0.783 bits per heavy atom. The van der Waals surface area contributed by atoms with Gasteiger partial charge < -0.3 is 15.4 Å². The molecule has 0 aliphatic carbocycles. The van der Waals surface area contributed by atoms with Crippen molar-refractivity contribution in [1.82, 2.24) is 10.6 Å². The average molecular weight is 1070 g/mol. The summed E-state index contributed by atoms with van der Waals surface area (Å²) >= 11 is 14.0. The van der Waals surface area contributed by atoms with Crippen LogP contribution in [0.4, 0.5) is 0 Å². The molecule has 0 aromatic heterocycles. The molecule has 1 unspecified atom stereocenters. The van der Waals surface area contributed by atoms with Crippen LogP contribution in [0.1, 0.15) is 111 Å². The minimum absolute atomic E-state index is 0.207. The molecule has 0 saturated carbocycles. The van der Waals surface area contributed by atoms with E-state index in [0.717, 1.165) is 75.0 Å². The monoisotopic (exact) mass is 1070 g/mol. The molecular weight excluding hydrogens is 996 g/mol. The van der Waals surface area contributed by atoms with Crippen LogP contribution in [-0.2, 0) is 27.5 Å². The van der Waals surface area contributed by atoms with Gasteiger partial charge in [0, 0.05) is 0 Å². The van der Waals surface area contributed by atoms with Gasteiger partial charge in [-0.2, -0.15) is 0 Å². The third-order valence-corrected chi connectivity index (χ3v) is 17.7. The van der Waals surface area contributed by atoms with E-state index in [0.29, 0.717) is 0 Å². The van der Waals surface area contributed by atoms with Crippen molar-refractivity contribution in [2.75, 3.05) is 50.8 Å². The van der Waals surface area contributed by atoms with E-state index in [1.165, 1.54) is 44.3 Å². The summed E-state index contributed by atoms with van der Waals surface area (Å²) in [6.45, 7) is 45.6. The molecule has 2 N–H and O–H groups in total. The fourth-order valence-corrected chi connectivity index (χ4v) is 12.4. The SMILES string of the molecule is CC(C)C(C)C.CC(C)P(CCNCCP(C(C)C)C(C)C)C(C)C.CC(C)P(CCNCCP)C(C)C.[Br][Fe][Br].[Br][Fe][Br].[CH-]=O. The molecule has 0 bridgehead atoms. The molecule has 46 heavy (non-hydrogen) atoms. The van der Waals surface area contributed by atoms with Gasteiger partial charge >= 0.3 is 79.1 Å². The van der Waals surface area contributed by atoms with Gasteiger partial charge in [0.15, 0.2) is 0 Å². The first kappa shape index (κ1) is 62.3. The minimum Gasteiger partial charge on any atom is -0.545 e. The molecule has 0 radical (unpaired) electrons. The van der Waals surface area contributed by atoms with E-state index < -0.39 is 0 Å². The summed E-state index contributed by atoms with van der Waals surface area (Å²) < 4.78 is 0. The topological polar surface area (TPSA) is 41.1 Å². The van der Waals surface area contributed by atoms with E-state index in [9.17, 15) is 0 Å². The molecule has 0 rings (SSSR count). The number of nitrogens with one attached hydrogen (secondary N) is 2. The van der Waals surface area contributed by atoms with Crippen molar-refractivity contribution >= 4 is 96.2 Å². The van der Waals surface area contributed by atoms with Crippen molar-refractivity contribution in [3.63, 3.8) is 0 Å². The molecule has 290 valence electrons. The van der Waals surface area contributed by atoms with Crippen LogP contribution in [0, 0.1) is 11.8 Å². The van der Waals surface area contributed by atoms with Gasteiger partial charge in [-0.15, -0.1) is 33.0 Å². The van der Waals surface area contributed by atoms with E-state index in [4.69, 9.17) is 4.79 Å². The predicted molar refractivity (Wildman–Crippen MR) is 239 cm³/mol. The maximum absolute atomic E-state index is 7.75. The maximum Gasteiger partial charge on any atom is -0.282 e. The van der Waals surface area contributed by atoms with E-state index in [1.54, 1.807) is 0 Å². The maximum atomic E-state index is 7.75. The van der Waals surface area contributed by atoms with E-state index in [2.05, 4.69) is 194 Å². The third-order valence-electron chi connectivity index (χ3n) is 7.27. The Morgan fingerprint density at radius 2 is 0.652 bits per heavy atom. The Hall–Kier alpha value is 4.27. The van der Waals surface area contributed by atoms with Crippen LogP contribution < -0.4 is 10.6 Å². The molecule has 0 saturated heterocycles. The Morgan fingerprint density at radius 1 is 0.478 bits per heavy atom. The Labute approximate surface area is 338 Å². The van der Waals surface area contributed by atoms with Crippen molar-refractivity contribution in [2.24, 2.45) is 11.8 Å². The van der Waals surface area contributed by atoms with Crippen LogP contribution in [-0.4, -0.2) is 91.6 Å². The van der Waals surface area contributed by atoms with Crippen molar-refractivity contribution in [1.29, 1.82) is 0 Å². The zero-order valence-corrected chi connectivity index (χ0v) is 44.8. The fourth-order valence-electron chi connectivity index (χ4n) is 4.31. The average Bonchev–Trinajstić information content (AvgIpc) is 2.94. The molecule has 1 atom stereocenters. The van der Waals surface area contributed by atoms with Crippen LogP contribution in [0.2, 0.25) is 0 Å². The molecule has 0 fully saturated rings. The van der Waals surface area contributed by atoms with Gasteiger partial charge in [0.1, 0.15) is 0 Å². The summed E-state index contributed by atoms with van der Waals surface area (Å²) in [6.07, 6.45) is 5.34. The van der Waals surface area contributed by atoms with E-state index >= 15 is 0 Å². The minimum atomic E-state index is 0.207. The molecule has 0 amide bonds. The summed E-state index contributed by atoms with van der Waals surface area (Å²) in [5.41, 5.74) is 5.27. The van der Waals surface area contributed by atoms with Gasteiger partial charge in [0.25, 0.3) is 0 Å². The zero-order chi connectivity index (χ0) is 37.8. The van der Waals surface area contributed by atoms with E-state index in [1.807, 2.05) is 0 Å². The summed E-state index contributed by atoms with van der Waals surface area (Å²) in [5, 5.41) is 7.17. The smallest absolute Gasteiger partial charge is 0.282 e.